The van der Waals surface area contributed by atoms with Gasteiger partial charge < -0.3 is 10.1 Å². The SMILES string of the molecule is CNC(C)c1ccc(F)cc1OCc1ccc(Br)cc1Cl. The maximum absolute atomic E-state index is 13.4. The normalized spacial score (nSPS) is 12.2. The van der Waals surface area contributed by atoms with Gasteiger partial charge in [-0.15, -0.1) is 0 Å². The van der Waals surface area contributed by atoms with Crippen LogP contribution in [0.5, 0.6) is 5.75 Å². The quantitative estimate of drug-likeness (QED) is 0.788. The molecule has 0 radical (unpaired) electrons. The molecule has 0 saturated carbocycles. The average molecular weight is 373 g/mol. The van der Waals surface area contributed by atoms with E-state index in [0.29, 0.717) is 17.4 Å². The fourth-order valence-corrected chi connectivity index (χ4v) is 2.67. The van der Waals surface area contributed by atoms with Crippen LogP contribution in [0.3, 0.4) is 0 Å². The largest absolute Gasteiger partial charge is 0.488 e. The molecule has 0 spiro atoms. The number of hydrogen-bond donors (Lipinski definition) is 1. The molecule has 2 nitrogen and oxygen atoms in total. The Morgan fingerprint density at radius 1 is 1.29 bits per heavy atom. The van der Waals surface area contributed by atoms with Crippen LogP contribution < -0.4 is 10.1 Å². The first-order valence-corrected chi connectivity index (χ1v) is 7.72. The Morgan fingerprint density at radius 3 is 2.71 bits per heavy atom. The minimum absolute atomic E-state index is 0.0704. The maximum atomic E-state index is 13.4. The van der Waals surface area contributed by atoms with Gasteiger partial charge in [0.25, 0.3) is 0 Å². The lowest BCUT2D eigenvalue weighted by Gasteiger charge is -2.17. The van der Waals surface area contributed by atoms with Crippen LogP contribution in [0.15, 0.2) is 40.9 Å². The average Bonchev–Trinajstić information content (AvgIpc) is 2.45. The zero-order valence-electron chi connectivity index (χ0n) is 11.8. The molecule has 2 aromatic carbocycles. The number of halogens is 3. The Morgan fingerprint density at radius 2 is 2.05 bits per heavy atom. The van der Waals surface area contributed by atoms with Crippen LogP contribution >= 0.6 is 27.5 Å². The highest BCUT2D eigenvalue weighted by Gasteiger charge is 2.12. The second-order valence-corrected chi connectivity index (χ2v) is 6.04. The van der Waals surface area contributed by atoms with Crippen molar-refractivity contribution in [3.63, 3.8) is 0 Å². The highest BCUT2D eigenvalue weighted by molar-refractivity contribution is 9.10. The molecule has 0 aliphatic rings. The van der Waals surface area contributed by atoms with Crippen LogP contribution in [0.25, 0.3) is 0 Å². The maximum Gasteiger partial charge on any atom is 0.127 e. The van der Waals surface area contributed by atoms with Crippen molar-refractivity contribution >= 4 is 27.5 Å². The van der Waals surface area contributed by atoms with Gasteiger partial charge in [0.15, 0.2) is 0 Å². The second kappa shape index (κ2) is 7.25. The van der Waals surface area contributed by atoms with Gasteiger partial charge in [0.05, 0.1) is 0 Å². The molecule has 5 heteroatoms. The molecule has 0 aliphatic carbocycles. The van der Waals surface area contributed by atoms with Crippen molar-refractivity contribution in [1.82, 2.24) is 5.32 Å². The summed E-state index contributed by atoms with van der Waals surface area (Å²) in [4.78, 5) is 0. The van der Waals surface area contributed by atoms with Crippen LogP contribution in [-0.4, -0.2) is 7.05 Å². The van der Waals surface area contributed by atoms with Gasteiger partial charge in [0, 0.05) is 32.7 Å². The molecule has 2 aromatic rings. The molecule has 0 amide bonds. The Hall–Kier alpha value is -1.10. The van der Waals surface area contributed by atoms with E-state index < -0.39 is 0 Å². The van der Waals surface area contributed by atoms with Crippen molar-refractivity contribution in [2.75, 3.05) is 7.05 Å². The van der Waals surface area contributed by atoms with Crippen LogP contribution in [0, 0.1) is 5.82 Å². The van der Waals surface area contributed by atoms with Crippen molar-refractivity contribution in [3.8, 4) is 5.75 Å². The van der Waals surface area contributed by atoms with Crippen molar-refractivity contribution in [2.24, 2.45) is 0 Å². The van der Waals surface area contributed by atoms with Crippen molar-refractivity contribution in [3.05, 3.63) is 62.8 Å². The third kappa shape index (κ3) is 4.19. The van der Waals surface area contributed by atoms with Crippen LogP contribution in [0.1, 0.15) is 24.1 Å². The first kappa shape index (κ1) is 16.3. The number of ether oxygens (including phenoxy) is 1. The van der Waals surface area contributed by atoms with Crippen LogP contribution in [-0.2, 0) is 6.61 Å². The summed E-state index contributed by atoms with van der Waals surface area (Å²) in [6.07, 6.45) is 0. The standard InChI is InChI=1S/C16H16BrClFNO/c1-10(20-2)14-6-5-13(19)8-16(14)21-9-11-3-4-12(17)7-15(11)18/h3-8,10,20H,9H2,1-2H3. The summed E-state index contributed by atoms with van der Waals surface area (Å²) in [7, 11) is 1.85. The van der Waals surface area contributed by atoms with Gasteiger partial charge in [-0.2, -0.15) is 0 Å². The van der Waals surface area contributed by atoms with E-state index in [2.05, 4.69) is 21.2 Å². The molecule has 112 valence electrons. The molecule has 0 bridgehead atoms. The first-order valence-electron chi connectivity index (χ1n) is 6.54. The number of benzene rings is 2. The van der Waals surface area contributed by atoms with E-state index in [-0.39, 0.29) is 11.9 Å². The third-order valence-corrected chi connectivity index (χ3v) is 4.12. The lowest BCUT2D eigenvalue weighted by Crippen LogP contribution is -2.14. The van der Waals surface area contributed by atoms with Gasteiger partial charge in [0.2, 0.25) is 0 Å². The number of hydrogen-bond acceptors (Lipinski definition) is 2. The minimum Gasteiger partial charge on any atom is -0.488 e. The van der Waals surface area contributed by atoms with Crippen LogP contribution in [0.4, 0.5) is 4.39 Å². The zero-order valence-corrected chi connectivity index (χ0v) is 14.1. The van der Waals surface area contributed by atoms with E-state index >= 15 is 0 Å². The summed E-state index contributed by atoms with van der Waals surface area (Å²) in [5.74, 6) is 0.204. The van der Waals surface area contributed by atoms with E-state index in [4.69, 9.17) is 16.3 Å². The van der Waals surface area contributed by atoms with Gasteiger partial charge in [0.1, 0.15) is 18.2 Å². The number of rotatable bonds is 5. The molecular weight excluding hydrogens is 357 g/mol. The Balaban J connectivity index is 2.21. The summed E-state index contributed by atoms with van der Waals surface area (Å²) in [5.41, 5.74) is 1.76. The van der Waals surface area contributed by atoms with E-state index in [1.54, 1.807) is 6.07 Å². The highest BCUT2D eigenvalue weighted by atomic mass is 79.9. The fourth-order valence-electron chi connectivity index (χ4n) is 1.94. The summed E-state index contributed by atoms with van der Waals surface area (Å²) >= 11 is 9.52. The molecule has 0 aliphatic heterocycles. The predicted octanol–water partition coefficient (Wildman–Crippen LogP) is 5.10. The lowest BCUT2D eigenvalue weighted by molar-refractivity contribution is 0.298. The molecule has 1 unspecified atom stereocenters. The summed E-state index contributed by atoms with van der Waals surface area (Å²) in [6.45, 7) is 2.28. The molecule has 1 atom stereocenters. The number of nitrogens with one attached hydrogen (secondary N) is 1. The summed E-state index contributed by atoms with van der Waals surface area (Å²) in [5, 5.41) is 3.74. The van der Waals surface area contributed by atoms with Crippen molar-refractivity contribution in [2.45, 2.75) is 19.6 Å². The van der Waals surface area contributed by atoms with Crippen LogP contribution in [0.2, 0.25) is 5.02 Å². The van der Waals surface area contributed by atoms with Crippen molar-refractivity contribution in [1.29, 1.82) is 0 Å². The van der Waals surface area contributed by atoms with Gasteiger partial charge in [-0.05, 0) is 32.2 Å². The molecule has 0 saturated heterocycles. The van der Waals surface area contributed by atoms with Gasteiger partial charge >= 0.3 is 0 Å². The zero-order chi connectivity index (χ0) is 15.4. The monoisotopic (exact) mass is 371 g/mol. The molecule has 0 heterocycles. The van der Waals surface area contributed by atoms with E-state index in [9.17, 15) is 4.39 Å². The molecule has 0 aromatic heterocycles. The van der Waals surface area contributed by atoms with Gasteiger partial charge in [-0.25, -0.2) is 4.39 Å². The topological polar surface area (TPSA) is 21.3 Å². The fraction of sp³-hybridized carbons (Fsp3) is 0.250. The lowest BCUT2D eigenvalue weighted by atomic mass is 10.1. The first-order chi connectivity index (χ1) is 10.0. The molecule has 21 heavy (non-hydrogen) atoms. The second-order valence-electron chi connectivity index (χ2n) is 4.72. The highest BCUT2D eigenvalue weighted by Crippen LogP contribution is 2.28. The van der Waals surface area contributed by atoms with E-state index in [1.807, 2.05) is 32.2 Å². The molecular formula is C16H16BrClFNO. The molecule has 0 fully saturated rings. The third-order valence-electron chi connectivity index (χ3n) is 3.27. The Labute approximate surface area is 137 Å². The Bertz CT molecular complexity index is 636. The smallest absolute Gasteiger partial charge is 0.127 e. The van der Waals surface area contributed by atoms with Crippen molar-refractivity contribution < 1.29 is 9.13 Å². The predicted molar refractivity (Wildman–Crippen MR) is 87.4 cm³/mol. The summed E-state index contributed by atoms with van der Waals surface area (Å²) < 4.78 is 20.1. The van der Waals surface area contributed by atoms with Gasteiger partial charge in [-0.3, -0.25) is 0 Å². The Kier molecular flexibility index (Phi) is 5.62. The molecule has 2 rings (SSSR count). The van der Waals surface area contributed by atoms with E-state index in [0.717, 1.165) is 15.6 Å². The molecule has 1 N–H and O–H groups in total. The summed E-state index contributed by atoms with van der Waals surface area (Å²) in [6, 6.07) is 10.2. The van der Waals surface area contributed by atoms with Gasteiger partial charge in [-0.1, -0.05) is 39.7 Å². The minimum atomic E-state index is -0.320. The van der Waals surface area contributed by atoms with E-state index in [1.165, 1.54) is 12.1 Å².